The lowest BCUT2D eigenvalue weighted by atomic mass is 10.1. The highest BCUT2D eigenvalue weighted by Gasteiger charge is 2.15. The molecule has 1 fully saturated rings. The number of carbonyl (C=O) groups is 2. The number of Topliss-reactive ketones (excluding diaryl/α,β-unsaturated/α-hetero) is 1. The van der Waals surface area contributed by atoms with Crippen molar-refractivity contribution in [1.29, 1.82) is 0 Å². The van der Waals surface area contributed by atoms with Gasteiger partial charge in [-0.1, -0.05) is 0 Å². The predicted molar refractivity (Wildman–Crippen MR) is 51.9 cm³/mol. The average molecular weight is 199 g/mol. The molecule has 0 atom stereocenters. The normalized spacial score (nSPS) is 18.2. The smallest absolute Gasteiger partial charge is 0.305 e. The highest BCUT2D eigenvalue weighted by Crippen LogP contribution is 2.06. The maximum absolute atomic E-state index is 10.9. The van der Waals surface area contributed by atoms with E-state index in [9.17, 15) is 9.59 Å². The molecule has 14 heavy (non-hydrogen) atoms. The molecule has 0 radical (unpaired) electrons. The highest BCUT2D eigenvalue weighted by atomic mass is 16.5. The molecule has 0 aromatic heterocycles. The summed E-state index contributed by atoms with van der Waals surface area (Å²) in [5, 5.41) is 0. The van der Waals surface area contributed by atoms with Crippen LogP contribution in [0.25, 0.3) is 0 Å². The molecule has 0 aromatic carbocycles. The van der Waals surface area contributed by atoms with E-state index in [0.717, 1.165) is 26.1 Å². The second-order valence-electron chi connectivity index (χ2n) is 3.56. The van der Waals surface area contributed by atoms with Crippen LogP contribution in [0.3, 0.4) is 0 Å². The van der Waals surface area contributed by atoms with E-state index in [1.807, 2.05) is 0 Å². The van der Waals surface area contributed by atoms with Gasteiger partial charge in [0.05, 0.1) is 7.11 Å². The van der Waals surface area contributed by atoms with Crippen molar-refractivity contribution in [3.05, 3.63) is 0 Å². The van der Waals surface area contributed by atoms with Crippen molar-refractivity contribution in [3.63, 3.8) is 0 Å². The molecule has 4 heteroatoms. The van der Waals surface area contributed by atoms with Crippen LogP contribution in [0.4, 0.5) is 0 Å². The van der Waals surface area contributed by atoms with Crippen LogP contribution in [-0.4, -0.2) is 43.4 Å². The first-order valence-corrected chi connectivity index (χ1v) is 5.03. The zero-order valence-electron chi connectivity index (χ0n) is 8.62. The predicted octanol–water partition coefficient (Wildman–Crippen LogP) is 0.604. The summed E-state index contributed by atoms with van der Waals surface area (Å²) in [5.41, 5.74) is 0. The van der Waals surface area contributed by atoms with Crippen LogP contribution in [0.1, 0.15) is 25.7 Å². The number of hydrogen-bond acceptors (Lipinski definition) is 4. The molecular formula is C10H17NO3. The summed E-state index contributed by atoms with van der Waals surface area (Å²) >= 11 is 0. The summed E-state index contributed by atoms with van der Waals surface area (Å²) in [4.78, 5) is 24.0. The number of rotatable bonds is 4. The van der Waals surface area contributed by atoms with E-state index in [-0.39, 0.29) is 5.97 Å². The molecule has 0 saturated carbocycles. The lowest BCUT2D eigenvalue weighted by Gasteiger charge is -2.25. The Morgan fingerprint density at radius 3 is 2.64 bits per heavy atom. The third-order valence-electron chi connectivity index (χ3n) is 2.50. The van der Waals surface area contributed by atoms with Gasteiger partial charge in [-0.05, 0) is 13.0 Å². The van der Waals surface area contributed by atoms with E-state index in [0.29, 0.717) is 25.0 Å². The second-order valence-corrected chi connectivity index (χ2v) is 3.56. The molecule has 0 spiro atoms. The number of carbonyl (C=O) groups excluding carboxylic acids is 2. The van der Waals surface area contributed by atoms with Gasteiger partial charge >= 0.3 is 5.97 Å². The highest BCUT2D eigenvalue weighted by molar-refractivity contribution is 5.79. The summed E-state index contributed by atoms with van der Waals surface area (Å²) in [6, 6.07) is 0. The molecule has 0 N–H and O–H groups in total. The Hall–Kier alpha value is -0.900. The SMILES string of the molecule is COC(=O)CCCN1CCC(=O)CC1. The number of likely N-dealkylation sites (tertiary alicyclic amines) is 1. The zero-order valence-corrected chi connectivity index (χ0v) is 8.62. The molecule has 0 amide bonds. The molecule has 1 heterocycles. The molecule has 1 saturated heterocycles. The second kappa shape index (κ2) is 5.75. The third kappa shape index (κ3) is 3.87. The Bertz CT molecular complexity index is 205. The summed E-state index contributed by atoms with van der Waals surface area (Å²) in [6.07, 6.45) is 2.62. The number of ether oxygens (including phenoxy) is 1. The molecule has 1 aliphatic rings. The van der Waals surface area contributed by atoms with Crippen LogP contribution in [-0.2, 0) is 14.3 Å². The Balaban J connectivity index is 2.07. The molecule has 0 aliphatic carbocycles. The van der Waals surface area contributed by atoms with Crippen molar-refractivity contribution < 1.29 is 14.3 Å². The van der Waals surface area contributed by atoms with Gasteiger partial charge in [-0.15, -0.1) is 0 Å². The monoisotopic (exact) mass is 199 g/mol. The summed E-state index contributed by atoms with van der Waals surface area (Å²) in [7, 11) is 1.40. The molecule has 80 valence electrons. The minimum Gasteiger partial charge on any atom is -0.469 e. The lowest BCUT2D eigenvalue weighted by molar-refractivity contribution is -0.140. The molecule has 1 rings (SSSR count). The maximum atomic E-state index is 10.9. The molecule has 0 aromatic rings. The summed E-state index contributed by atoms with van der Waals surface area (Å²) in [6.45, 7) is 2.59. The van der Waals surface area contributed by atoms with Gasteiger partial charge in [0.25, 0.3) is 0 Å². The van der Waals surface area contributed by atoms with Crippen LogP contribution in [0, 0.1) is 0 Å². The van der Waals surface area contributed by atoms with Crippen molar-refractivity contribution in [2.75, 3.05) is 26.7 Å². The first kappa shape index (κ1) is 11.2. The van der Waals surface area contributed by atoms with Gasteiger partial charge in [0.2, 0.25) is 0 Å². The Labute approximate surface area is 84.2 Å². The summed E-state index contributed by atoms with van der Waals surface area (Å²) < 4.78 is 4.55. The van der Waals surface area contributed by atoms with Crippen molar-refractivity contribution in [1.82, 2.24) is 4.90 Å². The molecule has 0 bridgehead atoms. The van der Waals surface area contributed by atoms with Crippen LogP contribution in [0.15, 0.2) is 0 Å². The van der Waals surface area contributed by atoms with Gasteiger partial charge in [-0.3, -0.25) is 9.59 Å². The topological polar surface area (TPSA) is 46.6 Å². The van der Waals surface area contributed by atoms with Crippen LogP contribution in [0.2, 0.25) is 0 Å². The van der Waals surface area contributed by atoms with E-state index in [1.54, 1.807) is 0 Å². The first-order chi connectivity index (χ1) is 6.72. The lowest BCUT2D eigenvalue weighted by Crippen LogP contribution is -2.34. The van der Waals surface area contributed by atoms with Gasteiger partial charge in [0.15, 0.2) is 0 Å². The van der Waals surface area contributed by atoms with E-state index >= 15 is 0 Å². The molecule has 1 aliphatic heterocycles. The Kier molecular flexibility index (Phi) is 4.59. The number of nitrogens with zero attached hydrogens (tertiary/aromatic N) is 1. The fourth-order valence-corrected chi connectivity index (χ4v) is 1.58. The fraction of sp³-hybridized carbons (Fsp3) is 0.800. The minimum absolute atomic E-state index is 0.155. The van der Waals surface area contributed by atoms with Crippen molar-refractivity contribution >= 4 is 11.8 Å². The minimum atomic E-state index is -0.155. The van der Waals surface area contributed by atoms with Crippen LogP contribution in [0.5, 0.6) is 0 Å². The number of ketones is 1. The average Bonchev–Trinajstić information content (AvgIpc) is 2.21. The number of piperidine rings is 1. The van der Waals surface area contributed by atoms with Gasteiger partial charge < -0.3 is 9.64 Å². The van der Waals surface area contributed by atoms with Crippen molar-refractivity contribution in [2.24, 2.45) is 0 Å². The number of methoxy groups -OCH3 is 1. The zero-order chi connectivity index (χ0) is 10.4. The van der Waals surface area contributed by atoms with Crippen LogP contribution >= 0.6 is 0 Å². The Morgan fingerprint density at radius 1 is 1.43 bits per heavy atom. The van der Waals surface area contributed by atoms with Gasteiger partial charge in [-0.2, -0.15) is 0 Å². The largest absolute Gasteiger partial charge is 0.469 e. The third-order valence-corrected chi connectivity index (χ3v) is 2.50. The van der Waals surface area contributed by atoms with Crippen LogP contribution < -0.4 is 0 Å². The first-order valence-electron chi connectivity index (χ1n) is 5.03. The van der Waals surface area contributed by atoms with Crippen molar-refractivity contribution in [2.45, 2.75) is 25.7 Å². The number of hydrogen-bond donors (Lipinski definition) is 0. The quantitative estimate of drug-likeness (QED) is 0.622. The Morgan fingerprint density at radius 2 is 2.07 bits per heavy atom. The molecule has 4 nitrogen and oxygen atoms in total. The van der Waals surface area contributed by atoms with Crippen molar-refractivity contribution in [3.8, 4) is 0 Å². The van der Waals surface area contributed by atoms with Gasteiger partial charge in [0, 0.05) is 32.4 Å². The van der Waals surface area contributed by atoms with E-state index in [2.05, 4.69) is 9.64 Å². The fourth-order valence-electron chi connectivity index (χ4n) is 1.58. The molecule has 0 unspecified atom stereocenters. The van der Waals surface area contributed by atoms with Gasteiger partial charge in [0.1, 0.15) is 5.78 Å². The van der Waals surface area contributed by atoms with E-state index in [1.165, 1.54) is 7.11 Å². The molecular weight excluding hydrogens is 182 g/mol. The summed E-state index contributed by atoms with van der Waals surface area (Å²) in [5.74, 6) is 0.201. The maximum Gasteiger partial charge on any atom is 0.305 e. The van der Waals surface area contributed by atoms with Gasteiger partial charge in [-0.25, -0.2) is 0 Å². The van der Waals surface area contributed by atoms with E-state index in [4.69, 9.17) is 0 Å². The van der Waals surface area contributed by atoms with E-state index < -0.39 is 0 Å². The number of esters is 1. The standard InChI is InChI=1S/C10H17NO3/c1-14-10(13)3-2-6-11-7-4-9(12)5-8-11/h2-8H2,1H3.